The first kappa shape index (κ1) is 18.1. The number of rotatable bonds is 6. The summed E-state index contributed by atoms with van der Waals surface area (Å²) in [6, 6.07) is 12.7. The molecule has 0 fully saturated rings. The van der Waals surface area contributed by atoms with E-state index in [1.807, 2.05) is 30.3 Å². The molecule has 1 atom stereocenters. The Morgan fingerprint density at radius 1 is 1.21 bits per heavy atom. The molecule has 4 aromatic rings. The molecule has 2 aromatic carbocycles. The van der Waals surface area contributed by atoms with Crippen molar-refractivity contribution in [3.63, 3.8) is 0 Å². The van der Waals surface area contributed by atoms with Crippen LogP contribution in [0.3, 0.4) is 0 Å². The maximum atomic E-state index is 10.9. The number of phenolic OH excluding ortho intramolecular Hbond substituents is 1. The lowest BCUT2D eigenvalue weighted by Crippen LogP contribution is -2.04. The monoisotopic (exact) mass is 395 g/mol. The van der Waals surface area contributed by atoms with Crippen molar-refractivity contribution in [2.75, 3.05) is 0 Å². The van der Waals surface area contributed by atoms with Gasteiger partial charge in [-0.25, -0.2) is 4.98 Å². The molecule has 0 amide bonds. The van der Waals surface area contributed by atoms with Gasteiger partial charge in [-0.15, -0.1) is 11.3 Å². The van der Waals surface area contributed by atoms with Gasteiger partial charge in [-0.05, 0) is 17.7 Å². The fourth-order valence-electron chi connectivity index (χ4n) is 2.77. The Kier molecular flexibility index (Phi) is 5.05. The van der Waals surface area contributed by atoms with Crippen molar-refractivity contribution in [1.82, 2.24) is 15.1 Å². The summed E-state index contributed by atoms with van der Waals surface area (Å²) in [6.45, 7) is 1.95. The Bertz CT molecular complexity index is 1060. The SMILES string of the molecule is Cc1nc(-c2cc(O)c(OCc3ccccc3)cc2C(O)c2nccs2)no1. The summed E-state index contributed by atoms with van der Waals surface area (Å²) in [5.41, 5.74) is 1.88. The number of thiazole rings is 1. The highest BCUT2D eigenvalue weighted by Crippen LogP contribution is 2.39. The number of nitrogens with zero attached hydrogens (tertiary/aromatic N) is 3. The first-order chi connectivity index (χ1) is 13.6. The predicted molar refractivity (Wildman–Crippen MR) is 103 cm³/mol. The molecule has 7 nitrogen and oxygen atoms in total. The zero-order valence-electron chi connectivity index (χ0n) is 14.9. The van der Waals surface area contributed by atoms with E-state index in [0.29, 0.717) is 22.0 Å². The third-order valence-corrected chi connectivity index (χ3v) is 4.94. The van der Waals surface area contributed by atoms with E-state index in [0.717, 1.165) is 5.56 Å². The molecule has 28 heavy (non-hydrogen) atoms. The number of aryl methyl sites for hydroxylation is 1. The van der Waals surface area contributed by atoms with Gasteiger partial charge in [0, 0.05) is 29.6 Å². The van der Waals surface area contributed by atoms with E-state index in [1.165, 1.54) is 17.4 Å². The van der Waals surface area contributed by atoms with Crippen LogP contribution >= 0.6 is 11.3 Å². The summed E-state index contributed by atoms with van der Waals surface area (Å²) in [7, 11) is 0. The highest BCUT2D eigenvalue weighted by atomic mass is 32.1. The first-order valence-corrected chi connectivity index (χ1v) is 9.41. The van der Waals surface area contributed by atoms with Gasteiger partial charge in [0.25, 0.3) is 0 Å². The van der Waals surface area contributed by atoms with Crippen LogP contribution < -0.4 is 4.74 Å². The molecule has 4 rings (SSSR count). The van der Waals surface area contributed by atoms with E-state index in [2.05, 4.69) is 15.1 Å². The van der Waals surface area contributed by atoms with Gasteiger partial charge >= 0.3 is 0 Å². The van der Waals surface area contributed by atoms with Crippen LogP contribution in [0.4, 0.5) is 0 Å². The van der Waals surface area contributed by atoms with Crippen LogP contribution in [0.25, 0.3) is 11.4 Å². The molecular formula is C20H17N3O4S. The molecule has 8 heteroatoms. The minimum Gasteiger partial charge on any atom is -0.504 e. The van der Waals surface area contributed by atoms with Crippen LogP contribution in [0.5, 0.6) is 11.5 Å². The highest BCUT2D eigenvalue weighted by molar-refractivity contribution is 7.09. The van der Waals surface area contributed by atoms with Crippen molar-refractivity contribution >= 4 is 11.3 Å². The standard InChI is InChI=1S/C20H17N3O4S/c1-12-22-19(23-27-12)15-9-16(24)17(26-11-13-5-3-2-4-6-13)10-14(15)18(25)20-21-7-8-28-20/h2-10,18,24-25H,11H2,1H3. The van der Waals surface area contributed by atoms with Crippen LogP contribution in [0.2, 0.25) is 0 Å². The van der Waals surface area contributed by atoms with Crippen molar-refractivity contribution in [2.24, 2.45) is 0 Å². The molecule has 2 N–H and O–H groups in total. The van der Waals surface area contributed by atoms with E-state index in [-0.39, 0.29) is 23.9 Å². The summed E-state index contributed by atoms with van der Waals surface area (Å²) >= 11 is 1.33. The first-order valence-electron chi connectivity index (χ1n) is 8.53. The molecule has 0 bridgehead atoms. The maximum Gasteiger partial charge on any atom is 0.223 e. The molecule has 0 saturated heterocycles. The second-order valence-electron chi connectivity index (χ2n) is 6.09. The number of aromatic nitrogens is 3. The number of benzene rings is 2. The van der Waals surface area contributed by atoms with Crippen molar-refractivity contribution < 1.29 is 19.5 Å². The van der Waals surface area contributed by atoms with Crippen molar-refractivity contribution in [1.29, 1.82) is 0 Å². The van der Waals surface area contributed by atoms with Crippen LogP contribution in [0, 0.1) is 6.92 Å². The van der Waals surface area contributed by atoms with E-state index < -0.39 is 6.10 Å². The number of aliphatic hydroxyl groups excluding tert-OH is 1. The average molecular weight is 395 g/mol. The summed E-state index contributed by atoms with van der Waals surface area (Å²) in [5, 5.41) is 27.5. The third-order valence-electron chi connectivity index (χ3n) is 4.12. The van der Waals surface area contributed by atoms with Gasteiger partial charge in [0.05, 0.1) is 0 Å². The number of aliphatic hydroxyl groups is 1. The number of hydrogen-bond acceptors (Lipinski definition) is 8. The highest BCUT2D eigenvalue weighted by Gasteiger charge is 2.23. The quantitative estimate of drug-likeness (QED) is 0.511. The Morgan fingerprint density at radius 3 is 2.71 bits per heavy atom. The van der Waals surface area contributed by atoms with Gasteiger partial charge in [-0.2, -0.15) is 4.98 Å². The lowest BCUT2D eigenvalue weighted by molar-refractivity contribution is 0.218. The predicted octanol–water partition coefficient (Wildman–Crippen LogP) is 3.87. The molecule has 0 aliphatic heterocycles. The largest absolute Gasteiger partial charge is 0.504 e. The van der Waals surface area contributed by atoms with E-state index in [9.17, 15) is 10.2 Å². The molecule has 0 aliphatic rings. The Balaban J connectivity index is 1.73. The smallest absolute Gasteiger partial charge is 0.223 e. The number of hydrogen-bond donors (Lipinski definition) is 2. The molecule has 0 saturated carbocycles. The van der Waals surface area contributed by atoms with Crippen LogP contribution in [0.15, 0.2) is 58.6 Å². The van der Waals surface area contributed by atoms with E-state index in [4.69, 9.17) is 9.26 Å². The summed E-state index contributed by atoms with van der Waals surface area (Å²) in [6.07, 6.45) is 0.600. The Hall–Kier alpha value is -3.23. The van der Waals surface area contributed by atoms with Gasteiger partial charge in [0.1, 0.15) is 17.7 Å². The second kappa shape index (κ2) is 7.79. The number of ether oxygens (including phenoxy) is 1. The van der Waals surface area contributed by atoms with Crippen LogP contribution in [0.1, 0.15) is 28.1 Å². The molecule has 0 radical (unpaired) electrons. The molecule has 142 valence electrons. The van der Waals surface area contributed by atoms with E-state index >= 15 is 0 Å². The lowest BCUT2D eigenvalue weighted by Gasteiger charge is -2.16. The maximum absolute atomic E-state index is 10.9. The van der Waals surface area contributed by atoms with Crippen molar-refractivity contribution in [3.8, 4) is 22.9 Å². The zero-order chi connectivity index (χ0) is 19.5. The molecule has 2 heterocycles. The number of phenols is 1. The van der Waals surface area contributed by atoms with Crippen LogP contribution in [-0.2, 0) is 6.61 Å². The topological polar surface area (TPSA) is 102 Å². The Labute approximate surface area is 164 Å². The van der Waals surface area contributed by atoms with E-state index in [1.54, 1.807) is 24.6 Å². The minimum atomic E-state index is -1.02. The van der Waals surface area contributed by atoms with Gasteiger partial charge in [-0.3, -0.25) is 0 Å². The average Bonchev–Trinajstić information content (AvgIpc) is 3.39. The second-order valence-corrected chi connectivity index (χ2v) is 7.02. The van der Waals surface area contributed by atoms with Gasteiger partial charge in [0.2, 0.25) is 11.7 Å². The minimum absolute atomic E-state index is 0.0801. The fraction of sp³-hybridized carbons (Fsp3) is 0.150. The number of aromatic hydroxyl groups is 1. The van der Waals surface area contributed by atoms with Crippen molar-refractivity contribution in [3.05, 3.63) is 76.1 Å². The molecule has 0 spiro atoms. The molecule has 0 aliphatic carbocycles. The summed E-state index contributed by atoms with van der Waals surface area (Å²) < 4.78 is 10.8. The van der Waals surface area contributed by atoms with Gasteiger partial charge in [0.15, 0.2) is 11.5 Å². The van der Waals surface area contributed by atoms with Crippen LogP contribution in [-0.4, -0.2) is 25.3 Å². The normalized spacial score (nSPS) is 12.1. The Morgan fingerprint density at radius 2 is 2.04 bits per heavy atom. The summed E-state index contributed by atoms with van der Waals surface area (Å²) in [4.78, 5) is 8.39. The summed E-state index contributed by atoms with van der Waals surface area (Å²) in [5.74, 6) is 0.823. The molecule has 2 aromatic heterocycles. The van der Waals surface area contributed by atoms with Crippen molar-refractivity contribution in [2.45, 2.75) is 19.6 Å². The van der Waals surface area contributed by atoms with Gasteiger partial charge in [-0.1, -0.05) is 35.5 Å². The lowest BCUT2D eigenvalue weighted by atomic mass is 10.0. The van der Waals surface area contributed by atoms with Gasteiger partial charge < -0.3 is 19.5 Å². The fourth-order valence-corrected chi connectivity index (χ4v) is 3.40. The molecule has 1 unspecified atom stereocenters. The zero-order valence-corrected chi connectivity index (χ0v) is 15.8. The molecular weight excluding hydrogens is 378 g/mol. The third kappa shape index (κ3) is 3.73.